The van der Waals surface area contributed by atoms with E-state index in [4.69, 9.17) is 6.57 Å². The van der Waals surface area contributed by atoms with Crippen LogP contribution in [0.15, 0.2) is 85.6 Å². The topological polar surface area (TPSA) is 7.60 Å². The zero-order valence-electron chi connectivity index (χ0n) is 15.6. The number of benzene rings is 1. The SMILES string of the molecule is C=C.[C-]#[N+]\C(C)=C/C=C/C=C/c1cc2sc(N(C)c3ccccc3)cc2s1. The molecule has 0 saturated heterocycles. The van der Waals surface area contributed by atoms with Crippen molar-refractivity contribution in [2.75, 3.05) is 11.9 Å². The van der Waals surface area contributed by atoms with Gasteiger partial charge in [-0.15, -0.1) is 35.8 Å². The molecular formula is C23H22N2S2. The summed E-state index contributed by atoms with van der Waals surface area (Å²) in [5.74, 6) is 0. The van der Waals surface area contributed by atoms with Crippen LogP contribution in [0.1, 0.15) is 11.8 Å². The lowest BCUT2D eigenvalue weighted by Gasteiger charge is -2.16. The Balaban J connectivity index is 0.00000126. The maximum atomic E-state index is 6.87. The van der Waals surface area contributed by atoms with Crippen LogP contribution in [0, 0.1) is 6.57 Å². The highest BCUT2D eigenvalue weighted by atomic mass is 32.1. The minimum absolute atomic E-state index is 0.691. The number of anilines is 2. The van der Waals surface area contributed by atoms with Crippen LogP contribution in [0.5, 0.6) is 0 Å². The summed E-state index contributed by atoms with van der Waals surface area (Å²) in [6.45, 7) is 14.7. The van der Waals surface area contributed by atoms with Crippen molar-refractivity contribution in [2.24, 2.45) is 0 Å². The number of hydrogen-bond acceptors (Lipinski definition) is 3. The van der Waals surface area contributed by atoms with Crippen LogP contribution in [0.3, 0.4) is 0 Å². The van der Waals surface area contributed by atoms with Crippen molar-refractivity contribution in [1.29, 1.82) is 0 Å². The van der Waals surface area contributed by atoms with Crippen LogP contribution >= 0.6 is 22.7 Å². The predicted molar refractivity (Wildman–Crippen MR) is 124 cm³/mol. The number of rotatable bonds is 5. The van der Waals surface area contributed by atoms with Crippen LogP contribution in [0.25, 0.3) is 20.3 Å². The molecule has 2 aromatic heterocycles. The van der Waals surface area contributed by atoms with Crippen molar-refractivity contribution >= 4 is 48.8 Å². The summed E-state index contributed by atoms with van der Waals surface area (Å²) in [5.41, 5.74) is 1.89. The van der Waals surface area contributed by atoms with Gasteiger partial charge in [0.1, 0.15) is 0 Å². The molecule has 0 bridgehead atoms. The number of thiophene rings is 2. The molecule has 0 aliphatic carbocycles. The van der Waals surface area contributed by atoms with Gasteiger partial charge < -0.3 is 4.90 Å². The molecule has 0 aliphatic rings. The molecule has 0 N–H and O–H groups in total. The molecule has 3 aromatic rings. The minimum atomic E-state index is 0.691. The number of hydrogen-bond donors (Lipinski definition) is 0. The lowest BCUT2D eigenvalue weighted by molar-refractivity contribution is 1.24. The molecule has 0 radical (unpaired) electrons. The molecule has 0 saturated carbocycles. The molecule has 0 spiro atoms. The smallest absolute Gasteiger partial charge is 0.162 e. The Bertz CT molecular complexity index is 967. The average Bonchev–Trinajstić information content (AvgIpc) is 3.28. The van der Waals surface area contributed by atoms with E-state index in [1.807, 2.05) is 41.7 Å². The maximum absolute atomic E-state index is 6.87. The summed E-state index contributed by atoms with van der Waals surface area (Å²) in [6.07, 6.45) is 9.79. The molecule has 2 nitrogen and oxygen atoms in total. The van der Waals surface area contributed by atoms with E-state index in [9.17, 15) is 0 Å². The second kappa shape index (κ2) is 10.3. The molecule has 3 rings (SSSR count). The van der Waals surface area contributed by atoms with Crippen LogP contribution < -0.4 is 4.90 Å². The molecule has 0 atom stereocenters. The van der Waals surface area contributed by atoms with Crippen molar-refractivity contribution in [2.45, 2.75) is 6.92 Å². The number of fused-ring (bicyclic) bond motifs is 1. The van der Waals surface area contributed by atoms with Gasteiger partial charge in [-0.1, -0.05) is 42.5 Å². The molecule has 2 heterocycles. The van der Waals surface area contributed by atoms with Crippen molar-refractivity contribution in [3.8, 4) is 0 Å². The molecule has 0 amide bonds. The van der Waals surface area contributed by atoms with E-state index < -0.39 is 0 Å². The Labute approximate surface area is 169 Å². The summed E-state index contributed by atoms with van der Waals surface area (Å²) in [4.78, 5) is 6.81. The van der Waals surface area contributed by atoms with Gasteiger partial charge in [0, 0.05) is 27.0 Å². The summed E-state index contributed by atoms with van der Waals surface area (Å²) in [6, 6.07) is 14.9. The molecule has 0 aliphatic heterocycles. The highest BCUT2D eigenvalue weighted by Gasteiger charge is 2.10. The number of nitrogens with zero attached hydrogens (tertiary/aromatic N) is 2. The van der Waals surface area contributed by atoms with E-state index in [0.29, 0.717) is 5.70 Å². The number of allylic oxidation sites excluding steroid dienone is 5. The molecule has 136 valence electrons. The Hall–Kier alpha value is -2.87. The van der Waals surface area contributed by atoms with Gasteiger partial charge in [0.15, 0.2) is 5.70 Å². The van der Waals surface area contributed by atoms with Crippen LogP contribution in [-0.4, -0.2) is 7.05 Å². The second-order valence-corrected chi connectivity index (χ2v) is 7.70. The first-order valence-electron chi connectivity index (χ1n) is 8.38. The zero-order valence-corrected chi connectivity index (χ0v) is 17.2. The molecule has 0 unspecified atom stereocenters. The van der Waals surface area contributed by atoms with Gasteiger partial charge in [-0.3, -0.25) is 0 Å². The fourth-order valence-electron chi connectivity index (χ4n) is 2.31. The first-order valence-corrected chi connectivity index (χ1v) is 10.0. The van der Waals surface area contributed by atoms with Crippen molar-refractivity contribution in [1.82, 2.24) is 0 Å². The van der Waals surface area contributed by atoms with E-state index in [0.717, 1.165) is 0 Å². The van der Waals surface area contributed by atoms with E-state index in [1.54, 1.807) is 18.3 Å². The van der Waals surface area contributed by atoms with E-state index in [1.165, 1.54) is 25.0 Å². The molecule has 0 fully saturated rings. The van der Waals surface area contributed by atoms with E-state index in [-0.39, 0.29) is 0 Å². The monoisotopic (exact) mass is 390 g/mol. The third kappa shape index (κ3) is 5.55. The Kier molecular flexibility index (Phi) is 7.81. The van der Waals surface area contributed by atoms with E-state index in [2.05, 4.69) is 72.4 Å². The summed E-state index contributed by atoms with van der Waals surface area (Å²) in [5, 5.41) is 1.25. The fourth-order valence-corrected chi connectivity index (χ4v) is 4.61. The maximum Gasteiger partial charge on any atom is 0.162 e. The first-order chi connectivity index (χ1) is 13.2. The summed E-state index contributed by atoms with van der Waals surface area (Å²) >= 11 is 3.61. The minimum Gasteiger partial charge on any atom is -0.336 e. The highest BCUT2D eigenvalue weighted by molar-refractivity contribution is 7.30. The van der Waals surface area contributed by atoms with Gasteiger partial charge in [-0.05, 0) is 37.3 Å². The van der Waals surface area contributed by atoms with Crippen LogP contribution in [0.4, 0.5) is 10.7 Å². The zero-order chi connectivity index (χ0) is 19.6. The fraction of sp³-hybridized carbons (Fsp3) is 0.0870. The quantitative estimate of drug-likeness (QED) is 0.244. The highest BCUT2D eigenvalue weighted by Crippen LogP contribution is 2.39. The van der Waals surface area contributed by atoms with Gasteiger partial charge in [0.2, 0.25) is 0 Å². The second-order valence-electron chi connectivity index (χ2n) is 5.52. The lowest BCUT2D eigenvalue weighted by atomic mass is 10.3. The van der Waals surface area contributed by atoms with Gasteiger partial charge >= 0.3 is 0 Å². The Morgan fingerprint density at radius 1 is 1.04 bits per heavy atom. The third-order valence-electron chi connectivity index (χ3n) is 3.68. The first kappa shape index (κ1) is 20.4. The van der Waals surface area contributed by atoms with Crippen molar-refractivity contribution in [3.63, 3.8) is 0 Å². The molecule has 4 heteroatoms. The van der Waals surface area contributed by atoms with Crippen molar-refractivity contribution < 1.29 is 0 Å². The normalized spacial score (nSPS) is 11.5. The number of para-hydroxylation sites is 1. The third-order valence-corrected chi connectivity index (χ3v) is 6.02. The Morgan fingerprint density at radius 2 is 1.74 bits per heavy atom. The average molecular weight is 391 g/mol. The van der Waals surface area contributed by atoms with E-state index >= 15 is 0 Å². The van der Waals surface area contributed by atoms with Gasteiger partial charge in [-0.25, -0.2) is 4.85 Å². The van der Waals surface area contributed by atoms with Gasteiger partial charge in [0.25, 0.3) is 0 Å². The molecule has 27 heavy (non-hydrogen) atoms. The largest absolute Gasteiger partial charge is 0.336 e. The standard InChI is InChI=1S/C21H18N2S2.C2H4/c1-16(22-2)10-6-4-9-13-18-14-19-20(24-18)15-21(25-19)23(3)17-11-7-5-8-12-17;1-2/h4-15H,1,3H3;1-2H2/b6-4+,13-9+,16-10-;. The van der Waals surface area contributed by atoms with Gasteiger partial charge in [-0.2, -0.15) is 0 Å². The van der Waals surface area contributed by atoms with Crippen molar-refractivity contribution in [3.05, 3.63) is 102 Å². The summed E-state index contributed by atoms with van der Waals surface area (Å²) in [7, 11) is 2.11. The Morgan fingerprint density at radius 3 is 2.41 bits per heavy atom. The molecular weight excluding hydrogens is 368 g/mol. The molecule has 1 aromatic carbocycles. The predicted octanol–water partition coefficient (Wildman–Crippen LogP) is 7.93. The van der Waals surface area contributed by atoms with Gasteiger partial charge in [0.05, 0.1) is 11.6 Å². The van der Waals surface area contributed by atoms with Crippen LogP contribution in [0.2, 0.25) is 0 Å². The lowest BCUT2D eigenvalue weighted by Crippen LogP contribution is -2.06. The summed E-state index contributed by atoms with van der Waals surface area (Å²) < 4.78 is 2.63. The van der Waals surface area contributed by atoms with Crippen LogP contribution in [-0.2, 0) is 0 Å².